The van der Waals surface area contributed by atoms with Crippen LogP contribution >= 0.6 is 0 Å². The first kappa shape index (κ1) is 13.7. The van der Waals surface area contributed by atoms with Gasteiger partial charge in [-0.25, -0.2) is 0 Å². The van der Waals surface area contributed by atoms with Crippen molar-refractivity contribution in [2.24, 2.45) is 18.7 Å². The second kappa shape index (κ2) is 5.82. The minimum atomic E-state index is -0.642. The molecule has 17 heavy (non-hydrogen) atoms. The van der Waals surface area contributed by atoms with Crippen LogP contribution in [0.4, 0.5) is 0 Å². The SMILES string of the molecule is CCC(NC(=O)C(N)c1cnn(C)c1)C(C)C. The molecule has 3 N–H and O–H groups in total. The third-order valence-corrected chi connectivity index (χ3v) is 2.94. The van der Waals surface area contributed by atoms with Gasteiger partial charge in [0.25, 0.3) is 0 Å². The van der Waals surface area contributed by atoms with E-state index in [1.54, 1.807) is 24.1 Å². The summed E-state index contributed by atoms with van der Waals surface area (Å²) in [6.07, 6.45) is 4.30. The Morgan fingerprint density at radius 3 is 2.65 bits per heavy atom. The lowest BCUT2D eigenvalue weighted by Gasteiger charge is -2.22. The summed E-state index contributed by atoms with van der Waals surface area (Å²) in [7, 11) is 1.80. The predicted octanol–water partition coefficient (Wildman–Crippen LogP) is 0.971. The number of aryl methyl sites for hydroxylation is 1. The summed E-state index contributed by atoms with van der Waals surface area (Å²) in [4.78, 5) is 12.0. The summed E-state index contributed by atoms with van der Waals surface area (Å²) in [5.41, 5.74) is 6.63. The number of nitrogens with zero attached hydrogens (tertiary/aromatic N) is 2. The molecule has 2 atom stereocenters. The van der Waals surface area contributed by atoms with Crippen molar-refractivity contribution in [1.82, 2.24) is 15.1 Å². The van der Waals surface area contributed by atoms with E-state index in [0.717, 1.165) is 12.0 Å². The first-order valence-corrected chi connectivity index (χ1v) is 6.00. The van der Waals surface area contributed by atoms with Crippen molar-refractivity contribution in [3.8, 4) is 0 Å². The van der Waals surface area contributed by atoms with E-state index < -0.39 is 6.04 Å². The van der Waals surface area contributed by atoms with Gasteiger partial charge in [-0.2, -0.15) is 5.10 Å². The number of hydrogen-bond acceptors (Lipinski definition) is 3. The summed E-state index contributed by atoms with van der Waals surface area (Å²) < 4.78 is 1.64. The molecule has 0 aromatic carbocycles. The van der Waals surface area contributed by atoms with Crippen LogP contribution in [0.25, 0.3) is 0 Å². The summed E-state index contributed by atoms with van der Waals surface area (Å²) >= 11 is 0. The highest BCUT2D eigenvalue weighted by molar-refractivity contribution is 5.83. The fourth-order valence-electron chi connectivity index (χ4n) is 1.76. The lowest BCUT2D eigenvalue weighted by Crippen LogP contribution is -2.42. The lowest BCUT2D eigenvalue weighted by molar-refractivity contribution is -0.123. The molecule has 0 aliphatic heterocycles. The van der Waals surface area contributed by atoms with E-state index in [4.69, 9.17) is 5.73 Å². The quantitative estimate of drug-likeness (QED) is 0.803. The molecule has 5 nitrogen and oxygen atoms in total. The van der Waals surface area contributed by atoms with Crippen LogP contribution in [0.15, 0.2) is 12.4 Å². The molecule has 5 heteroatoms. The molecule has 2 unspecified atom stereocenters. The van der Waals surface area contributed by atoms with Crippen LogP contribution in [0, 0.1) is 5.92 Å². The maximum absolute atomic E-state index is 12.0. The van der Waals surface area contributed by atoms with E-state index in [2.05, 4.69) is 31.2 Å². The molecule has 0 bridgehead atoms. The molecule has 0 spiro atoms. The van der Waals surface area contributed by atoms with Gasteiger partial charge in [0.1, 0.15) is 6.04 Å². The number of amides is 1. The first-order valence-electron chi connectivity index (χ1n) is 6.00. The Bertz CT molecular complexity index is 372. The van der Waals surface area contributed by atoms with Crippen LogP contribution in [0.3, 0.4) is 0 Å². The summed E-state index contributed by atoms with van der Waals surface area (Å²) in [5, 5.41) is 6.98. The topological polar surface area (TPSA) is 72.9 Å². The van der Waals surface area contributed by atoms with Gasteiger partial charge in [0.15, 0.2) is 0 Å². The van der Waals surface area contributed by atoms with Crippen LogP contribution in [-0.2, 0) is 11.8 Å². The molecule has 1 amide bonds. The molecular formula is C12H22N4O. The van der Waals surface area contributed by atoms with Gasteiger partial charge < -0.3 is 11.1 Å². The molecule has 1 rings (SSSR count). The van der Waals surface area contributed by atoms with Crippen LogP contribution in [-0.4, -0.2) is 21.7 Å². The van der Waals surface area contributed by atoms with Gasteiger partial charge in [0.05, 0.1) is 6.20 Å². The van der Waals surface area contributed by atoms with Crippen molar-refractivity contribution in [3.05, 3.63) is 18.0 Å². The lowest BCUT2D eigenvalue weighted by atomic mass is 10.0. The second-order valence-corrected chi connectivity index (χ2v) is 4.69. The second-order valence-electron chi connectivity index (χ2n) is 4.69. The van der Waals surface area contributed by atoms with Gasteiger partial charge in [-0.15, -0.1) is 0 Å². The molecule has 0 aliphatic carbocycles. The Morgan fingerprint density at radius 2 is 2.24 bits per heavy atom. The maximum atomic E-state index is 12.0. The minimum Gasteiger partial charge on any atom is -0.351 e. The Hall–Kier alpha value is -1.36. The van der Waals surface area contributed by atoms with E-state index in [1.165, 1.54) is 0 Å². The Kier molecular flexibility index (Phi) is 4.69. The molecular weight excluding hydrogens is 216 g/mol. The zero-order chi connectivity index (χ0) is 13.0. The van der Waals surface area contributed by atoms with E-state index in [-0.39, 0.29) is 11.9 Å². The van der Waals surface area contributed by atoms with Crippen molar-refractivity contribution in [1.29, 1.82) is 0 Å². The van der Waals surface area contributed by atoms with Crippen molar-refractivity contribution in [2.45, 2.75) is 39.3 Å². The van der Waals surface area contributed by atoms with Crippen LogP contribution < -0.4 is 11.1 Å². The number of nitrogens with one attached hydrogen (secondary N) is 1. The molecule has 1 aromatic rings. The molecule has 0 radical (unpaired) electrons. The monoisotopic (exact) mass is 238 g/mol. The van der Waals surface area contributed by atoms with Crippen LogP contribution in [0.2, 0.25) is 0 Å². The summed E-state index contributed by atoms with van der Waals surface area (Å²) in [6, 6.07) is -0.471. The van der Waals surface area contributed by atoms with Crippen molar-refractivity contribution < 1.29 is 4.79 Å². The average Bonchev–Trinajstić information content (AvgIpc) is 2.70. The first-order chi connectivity index (χ1) is 7.95. The third-order valence-electron chi connectivity index (χ3n) is 2.94. The molecule has 0 fully saturated rings. The number of carbonyl (C=O) groups excluding carboxylic acids is 1. The number of hydrogen-bond donors (Lipinski definition) is 2. The number of aromatic nitrogens is 2. The van der Waals surface area contributed by atoms with E-state index in [9.17, 15) is 4.79 Å². The van der Waals surface area contributed by atoms with Gasteiger partial charge >= 0.3 is 0 Å². The molecule has 0 saturated heterocycles. The third kappa shape index (κ3) is 3.56. The zero-order valence-electron chi connectivity index (χ0n) is 11.0. The molecule has 1 heterocycles. The number of rotatable bonds is 5. The van der Waals surface area contributed by atoms with Crippen molar-refractivity contribution in [3.63, 3.8) is 0 Å². The highest BCUT2D eigenvalue weighted by Crippen LogP contribution is 2.11. The number of carbonyl (C=O) groups is 1. The molecule has 96 valence electrons. The minimum absolute atomic E-state index is 0.140. The van der Waals surface area contributed by atoms with Crippen molar-refractivity contribution >= 4 is 5.91 Å². The standard InChI is InChI=1S/C12H22N4O/c1-5-10(8(2)3)15-12(17)11(13)9-6-14-16(4)7-9/h6-8,10-11H,5,13H2,1-4H3,(H,15,17). The fourth-order valence-corrected chi connectivity index (χ4v) is 1.76. The molecule has 1 aromatic heterocycles. The normalized spacial score (nSPS) is 14.7. The Balaban J connectivity index is 2.64. The number of nitrogens with two attached hydrogens (primary N) is 1. The average molecular weight is 238 g/mol. The van der Waals surface area contributed by atoms with Crippen LogP contribution in [0.1, 0.15) is 38.8 Å². The zero-order valence-corrected chi connectivity index (χ0v) is 11.0. The van der Waals surface area contributed by atoms with E-state index in [0.29, 0.717) is 5.92 Å². The van der Waals surface area contributed by atoms with Gasteiger partial charge in [-0.05, 0) is 12.3 Å². The van der Waals surface area contributed by atoms with Gasteiger partial charge in [0.2, 0.25) is 5.91 Å². The highest BCUT2D eigenvalue weighted by atomic mass is 16.2. The van der Waals surface area contributed by atoms with Gasteiger partial charge in [-0.3, -0.25) is 9.48 Å². The summed E-state index contributed by atoms with van der Waals surface area (Å²) in [6.45, 7) is 6.23. The Morgan fingerprint density at radius 1 is 1.59 bits per heavy atom. The fraction of sp³-hybridized carbons (Fsp3) is 0.667. The van der Waals surface area contributed by atoms with E-state index >= 15 is 0 Å². The van der Waals surface area contributed by atoms with Crippen LogP contribution in [0.5, 0.6) is 0 Å². The largest absolute Gasteiger partial charge is 0.351 e. The highest BCUT2D eigenvalue weighted by Gasteiger charge is 2.21. The molecule has 0 aliphatic rings. The van der Waals surface area contributed by atoms with Gasteiger partial charge in [0, 0.05) is 24.8 Å². The van der Waals surface area contributed by atoms with E-state index in [1.807, 2.05) is 0 Å². The van der Waals surface area contributed by atoms with Crippen molar-refractivity contribution in [2.75, 3.05) is 0 Å². The summed E-state index contributed by atoms with van der Waals surface area (Å²) in [5.74, 6) is 0.267. The predicted molar refractivity (Wildman–Crippen MR) is 67.2 cm³/mol. The molecule has 0 saturated carbocycles. The maximum Gasteiger partial charge on any atom is 0.241 e. The smallest absolute Gasteiger partial charge is 0.241 e. The Labute approximate surface area is 102 Å². The van der Waals surface area contributed by atoms with Gasteiger partial charge in [-0.1, -0.05) is 20.8 Å².